The number of aromatic nitrogens is 3. The molecule has 0 bridgehead atoms. The first-order valence-corrected chi connectivity index (χ1v) is 9.83. The number of primary amides is 1. The number of ketones is 1. The lowest BCUT2D eigenvalue weighted by molar-refractivity contribution is 0.0859. The summed E-state index contributed by atoms with van der Waals surface area (Å²) >= 11 is 0. The minimum atomic E-state index is -0.526. The SMILES string of the molecule is CC(C)(C)C(=O)c1c[nH]c2ncc(-c3cc(C(N)=O)cc(N4CCCC4)c3)nc12. The molecule has 1 fully saturated rings. The Balaban J connectivity index is 1.83. The van der Waals surface area contributed by atoms with Crippen LogP contribution in [0.1, 0.15) is 54.3 Å². The maximum absolute atomic E-state index is 12.8. The molecule has 1 aliphatic heterocycles. The van der Waals surface area contributed by atoms with Gasteiger partial charge in [-0.15, -0.1) is 0 Å². The quantitative estimate of drug-likeness (QED) is 0.662. The smallest absolute Gasteiger partial charge is 0.248 e. The number of Topliss-reactive ketones (excluding diaryl/α,β-unsaturated/α-hetero) is 1. The lowest BCUT2D eigenvalue weighted by Crippen LogP contribution is -2.20. The molecule has 4 rings (SSSR count). The van der Waals surface area contributed by atoms with Crippen molar-refractivity contribution in [3.05, 3.63) is 41.7 Å². The van der Waals surface area contributed by atoms with E-state index in [9.17, 15) is 9.59 Å². The summed E-state index contributed by atoms with van der Waals surface area (Å²) in [4.78, 5) is 39.1. The number of H-pyrrole nitrogens is 1. The van der Waals surface area contributed by atoms with Crippen LogP contribution in [-0.2, 0) is 0 Å². The predicted molar refractivity (Wildman–Crippen MR) is 113 cm³/mol. The van der Waals surface area contributed by atoms with Gasteiger partial charge in [0.2, 0.25) is 5.91 Å². The van der Waals surface area contributed by atoms with E-state index < -0.39 is 11.3 Å². The van der Waals surface area contributed by atoms with Crippen LogP contribution in [0.4, 0.5) is 5.69 Å². The van der Waals surface area contributed by atoms with Gasteiger partial charge in [-0.1, -0.05) is 20.8 Å². The zero-order chi connectivity index (χ0) is 20.8. The van der Waals surface area contributed by atoms with Crippen LogP contribution in [0.3, 0.4) is 0 Å². The maximum Gasteiger partial charge on any atom is 0.248 e. The van der Waals surface area contributed by atoms with Crippen LogP contribution in [0.2, 0.25) is 0 Å². The number of benzene rings is 1. The number of hydrogen-bond acceptors (Lipinski definition) is 5. The van der Waals surface area contributed by atoms with E-state index in [4.69, 9.17) is 10.7 Å². The number of nitrogens with zero attached hydrogens (tertiary/aromatic N) is 3. The summed E-state index contributed by atoms with van der Waals surface area (Å²) in [6.07, 6.45) is 5.57. The highest BCUT2D eigenvalue weighted by molar-refractivity contribution is 6.08. The minimum Gasteiger partial charge on any atom is -0.371 e. The fourth-order valence-corrected chi connectivity index (χ4v) is 3.67. The number of hydrogen-bond donors (Lipinski definition) is 2. The summed E-state index contributed by atoms with van der Waals surface area (Å²) < 4.78 is 0. The number of aromatic amines is 1. The molecule has 3 N–H and O–H groups in total. The minimum absolute atomic E-state index is 0.00107. The van der Waals surface area contributed by atoms with Crippen LogP contribution in [0.25, 0.3) is 22.4 Å². The summed E-state index contributed by atoms with van der Waals surface area (Å²) in [5.74, 6) is -0.481. The fourth-order valence-electron chi connectivity index (χ4n) is 3.67. The number of nitrogens with one attached hydrogen (secondary N) is 1. The summed E-state index contributed by atoms with van der Waals surface area (Å²) in [7, 11) is 0. The van der Waals surface area contributed by atoms with Gasteiger partial charge in [0, 0.05) is 41.5 Å². The van der Waals surface area contributed by atoms with Gasteiger partial charge in [-0.05, 0) is 31.0 Å². The Labute approximate surface area is 169 Å². The molecule has 3 aromatic rings. The van der Waals surface area contributed by atoms with Crippen molar-refractivity contribution in [3.63, 3.8) is 0 Å². The van der Waals surface area contributed by atoms with Crippen LogP contribution in [0.5, 0.6) is 0 Å². The first-order chi connectivity index (χ1) is 13.7. The van der Waals surface area contributed by atoms with Crippen molar-refractivity contribution in [2.75, 3.05) is 18.0 Å². The molecule has 0 aliphatic carbocycles. The third-order valence-electron chi connectivity index (χ3n) is 5.28. The molecule has 1 aromatic carbocycles. The van der Waals surface area contributed by atoms with Crippen molar-refractivity contribution in [2.24, 2.45) is 11.1 Å². The molecular weight excluding hydrogens is 366 g/mol. The zero-order valence-electron chi connectivity index (χ0n) is 17.0. The van der Waals surface area contributed by atoms with E-state index in [0.29, 0.717) is 28.0 Å². The average molecular weight is 391 g/mol. The van der Waals surface area contributed by atoms with Gasteiger partial charge in [0.15, 0.2) is 11.4 Å². The van der Waals surface area contributed by atoms with Gasteiger partial charge in [0.25, 0.3) is 0 Å². The third kappa shape index (κ3) is 3.60. The Kier molecular flexibility index (Phi) is 4.61. The predicted octanol–water partition coefficient (Wildman–Crippen LogP) is 3.55. The molecule has 0 saturated carbocycles. The van der Waals surface area contributed by atoms with Crippen molar-refractivity contribution >= 4 is 28.5 Å². The molecule has 1 amide bonds. The van der Waals surface area contributed by atoms with Crippen molar-refractivity contribution in [3.8, 4) is 11.3 Å². The van der Waals surface area contributed by atoms with Crippen LogP contribution in [-0.4, -0.2) is 39.7 Å². The molecule has 150 valence electrons. The molecular formula is C22H25N5O2. The zero-order valence-corrected chi connectivity index (χ0v) is 17.0. The van der Waals surface area contributed by atoms with Crippen molar-refractivity contribution in [2.45, 2.75) is 33.6 Å². The number of carbonyl (C=O) groups excluding carboxylic acids is 2. The average Bonchev–Trinajstić information content (AvgIpc) is 3.35. The lowest BCUT2D eigenvalue weighted by atomic mass is 9.87. The van der Waals surface area contributed by atoms with Crippen LogP contribution in [0.15, 0.2) is 30.6 Å². The van der Waals surface area contributed by atoms with Gasteiger partial charge in [-0.2, -0.15) is 0 Å². The molecule has 29 heavy (non-hydrogen) atoms. The van der Waals surface area contributed by atoms with Gasteiger partial charge in [-0.3, -0.25) is 9.59 Å². The Morgan fingerprint density at radius 2 is 1.86 bits per heavy atom. The van der Waals surface area contributed by atoms with E-state index in [1.54, 1.807) is 18.5 Å². The Morgan fingerprint density at radius 1 is 1.14 bits per heavy atom. The topological polar surface area (TPSA) is 105 Å². The second kappa shape index (κ2) is 6.99. The molecule has 0 atom stereocenters. The fraction of sp³-hybridized carbons (Fsp3) is 0.364. The van der Waals surface area contributed by atoms with Crippen LogP contribution < -0.4 is 10.6 Å². The number of fused-ring (bicyclic) bond motifs is 1. The number of nitrogens with two attached hydrogens (primary N) is 1. The summed E-state index contributed by atoms with van der Waals surface area (Å²) in [6, 6.07) is 5.56. The van der Waals surface area contributed by atoms with Crippen molar-refractivity contribution in [1.29, 1.82) is 0 Å². The van der Waals surface area contributed by atoms with Crippen LogP contribution in [0, 0.1) is 5.41 Å². The second-order valence-electron chi connectivity index (χ2n) is 8.56. The van der Waals surface area contributed by atoms with Crippen molar-refractivity contribution < 1.29 is 9.59 Å². The first-order valence-electron chi connectivity index (χ1n) is 9.83. The van der Waals surface area contributed by atoms with Gasteiger partial charge < -0.3 is 15.6 Å². The molecule has 1 saturated heterocycles. The summed E-state index contributed by atoms with van der Waals surface area (Å²) in [6.45, 7) is 7.54. The molecule has 0 unspecified atom stereocenters. The van der Waals surface area contributed by atoms with E-state index in [-0.39, 0.29) is 5.78 Å². The number of anilines is 1. The van der Waals surface area contributed by atoms with Crippen LogP contribution >= 0.6 is 0 Å². The Morgan fingerprint density at radius 3 is 2.52 bits per heavy atom. The highest BCUT2D eigenvalue weighted by Gasteiger charge is 2.26. The van der Waals surface area contributed by atoms with Gasteiger partial charge in [-0.25, -0.2) is 9.97 Å². The Hall–Kier alpha value is -3.22. The van der Waals surface area contributed by atoms with Gasteiger partial charge in [0.05, 0.1) is 17.5 Å². The lowest BCUT2D eigenvalue weighted by Gasteiger charge is -2.19. The highest BCUT2D eigenvalue weighted by Crippen LogP contribution is 2.30. The summed E-state index contributed by atoms with van der Waals surface area (Å²) in [5, 5.41) is 0. The van der Waals surface area contributed by atoms with E-state index >= 15 is 0 Å². The normalized spacial score (nSPS) is 14.5. The number of rotatable bonds is 4. The monoisotopic (exact) mass is 391 g/mol. The van der Waals surface area contributed by atoms with E-state index in [0.717, 1.165) is 37.2 Å². The largest absolute Gasteiger partial charge is 0.371 e. The molecule has 3 heterocycles. The standard InChI is InChI=1S/C22H25N5O2/c1-22(2,3)19(28)16-11-24-21-18(16)26-17(12-25-21)13-8-14(20(23)29)10-15(9-13)27-6-4-5-7-27/h8-12H,4-7H2,1-3H3,(H2,23,29)(H,24,25). The van der Waals surface area contributed by atoms with Crippen molar-refractivity contribution in [1.82, 2.24) is 15.0 Å². The van der Waals surface area contributed by atoms with E-state index in [1.165, 1.54) is 0 Å². The van der Waals surface area contributed by atoms with Gasteiger partial charge >= 0.3 is 0 Å². The number of carbonyl (C=O) groups is 2. The molecule has 0 spiro atoms. The Bertz CT molecular complexity index is 1100. The summed E-state index contributed by atoms with van der Waals surface area (Å²) in [5.41, 5.74) is 9.41. The maximum atomic E-state index is 12.8. The molecule has 7 heteroatoms. The number of amides is 1. The second-order valence-corrected chi connectivity index (χ2v) is 8.56. The molecule has 7 nitrogen and oxygen atoms in total. The first kappa shape index (κ1) is 19.1. The van der Waals surface area contributed by atoms with E-state index in [1.807, 2.05) is 32.9 Å². The van der Waals surface area contributed by atoms with E-state index in [2.05, 4.69) is 14.9 Å². The highest BCUT2D eigenvalue weighted by atomic mass is 16.1. The molecule has 0 radical (unpaired) electrons. The molecule has 1 aliphatic rings. The van der Waals surface area contributed by atoms with Gasteiger partial charge in [0.1, 0.15) is 5.52 Å². The molecule has 2 aromatic heterocycles. The third-order valence-corrected chi connectivity index (χ3v) is 5.28.